The highest BCUT2D eigenvalue weighted by Gasteiger charge is 2.65. The molecule has 118 valence electrons. The van der Waals surface area contributed by atoms with E-state index in [0.717, 1.165) is 17.0 Å². The molecule has 1 aromatic heterocycles. The predicted octanol–water partition coefficient (Wildman–Crippen LogP) is 5.31. The van der Waals surface area contributed by atoms with Crippen LogP contribution in [0.4, 0.5) is 19.4 Å². The third-order valence-corrected chi connectivity index (χ3v) is 5.01. The number of aromatic nitrogens is 1. The van der Waals surface area contributed by atoms with Gasteiger partial charge in [0.1, 0.15) is 9.90 Å². The Labute approximate surface area is 122 Å². The van der Waals surface area contributed by atoms with E-state index in [2.05, 4.69) is 4.98 Å². The number of hydrogen-bond donors (Lipinski definition) is 1. The lowest BCUT2D eigenvalue weighted by Crippen LogP contribution is -2.05. The zero-order chi connectivity index (χ0) is 16.0. The molecular weight excluding hydrogens is 333 g/mol. The average molecular weight is 345 g/mol. The molecule has 2 aromatic rings. The van der Waals surface area contributed by atoms with Gasteiger partial charge in [-0.3, -0.25) is 0 Å². The van der Waals surface area contributed by atoms with Crippen molar-refractivity contribution < 1.29 is 24.5 Å². The van der Waals surface area contributed by atoms with Gasteiger partial charge < -0.3 is 5.11 Å². The van der Waals surface area contributed by atoms with Gasteiger partial charge in [-0.25, -0.2) is 4.98 Å². The molecule has 1 heterocycles. The second kappa shape index (κ2) is 4.40. The van der Waals surface area contributed by atoms with Crippen molar-refractivity contribution in [3.8, 4) is 10.6 Å². The summed E-state index contributed by atoms with van der Waals surface area (Å²) in [6, 6.07) is 2.71. The van der Waals surface area contributed by atoms with Gasteiger partial charge in [-0.2, -0.15) is 0 Å². The number of benzene rings is 1. The van der Waals surface area contributed by atoms with Gasteiger partial charge in [-0.1, -0.05) is 31.6 Å². The second-order valence-corrected chi connectivity index (χ2v) is 8.10. The maximum Gasteiger partial charge on any atom is 0.310 e. The Morgan fingerprint density at radius 3 is 2.14 bits per heavy atom. The first kappa shape index (κ1) is 16.2. The van der Waals surface area contributed by atoms with Gasteiger partial charge in [-0.05, 0) is 19.1 Å². The van der Waals surface area contributed by atoms with Gasteiger partial charge in [0, 0.05) is 23.5 Å². The highest BCUT2D eigenvalue weighted by Crippen LogP contribution is 3.02. The topological polar surface area (TPSA) is 33.1 Å². The van der Waals surface area contributed by atoms with Gasteiger partial charge in [0.05, 0.1) is 5.69 Å². The van der Waals surface area contributed by atoms with E-state index in [4.69, 9.17) is 5.11 Å². The van der Waals surface area contributed by atoms with Crippen LogP contribution >= 0.6 is 21.6 Å². The van der Waals surface area contributed by atoms with Crippen molar-refractivity contribution in [1.29, 1.82) is 0 Å². The molecule has 0 aliphatic heterocycles. The number of aryl methyl sites for hydroxylation is 1. The van der Waals surface area contributed by atoms with Crippen LogP contribution in [0.3, 0.4) is 0 Å². The minimum absolute atomic E-state index is 0.0901. The molecule has 0 saturated heterocycles. The van der Waals surface area contributed by atoms with E-state index >= 15 is 0 Å². The molecule has 0 atom stereocenters. The van der Waals surface area contributed by atoms with Crippen molar-refractivity contribution in [3.63, 3.8) is 0 Å². The second-order valence-electron chi connectivity index (χ2n) is 4.49. The van der Waals surface area contributed by atoms with Crippen LogP contribution in [0.25, 0.3) is 10.6 Å². The summed E-state index contributed by atoms with van der Waals surface area (Å²) in [5, 5.41) is 9.30. The molecule has 1 N–H and O–H groups in total. The van der Waals surface area contributed by atoms with Crippen molar-refractivity contribution in [2.45, 2.75) is 18.2 Å². The molecule has 2 rings (SSSR count). The van der Waals surface area contributed by atoms with E-state index in [1.165, 1.54) is 11.3 Å². The maximum absolute atomic E-state index is 12.6. The Morgan fingerprint density at radius 1 is 1.10 bits per heavy atom. The van der Waals surface area contributed by atoms with E-state index in [9.17, 15) is 19.4 Å². The van der Waals surface area contributed by atoms with Crippen molar-refractivity contribution in [2.24, 2.45) is 0 Å². The largest absolute Gasteiger partial charge is 0.396 e. The molecule has 2 nitrogen and oxygen atoms in total. The fourth-order valence-corrected chi connectivity index (χ4v) is 3.36. The number of thiazole rings is 1. The molecule has 0 unspecified atom stereocenters. The quantitative estimate of drug-likeness (QED) is 0.762. The Morgan fingerprint density at radius 2 is 1.67 bits per heavy atom. The first-order valence-corrected chi connectivity index (χ1v) is 8.59. The van der Waals surface area contributed by atoms with Gasteiger partial charge >= 0.3 is 10.2 Å². The lowest BCUT2D eigenvalue weighted by molar-refractivity contribution is 0.298. The first-order valence-electron chi connectivity index (χ1n) is 5.82. The summed E-state index contributed by atoms with van der Waals surface area (Å²) in [6.45, 7) is 1.68. The molecule has 0 bridgehead atoms. The normalized spacial score (nSPS) is 15.6. The maximum atomic E-state index is 12.6. The monoisotopic (exact) mass is 345 g/mol. The SMILES string of the molecule is Cc1sc(-c2ccc(S(F)(F)(F)(F)F)cc2)nc1CCO. The fraction of sp³-hybridized carbons (Fsp3) is 0.250. The molecule has 0 spiro atoms. The Balaban J connectivity index is 2.39. The molecule has 0 aliphatic rings. The van der Waals surface area contributed by atoms with Crippen LogP contribution in [0.1, 0.15) is 10.6 Å². The summed E-state index contributed by atoms with van der Waals surface area (Å²) in [4.78, 5) is 3.11. The number of nitrogens with zero attached hydrogens (tertiary/aromatic N) is 1. The molecular formula is C12H12F5NOS2. The lowest BCUT2D eigenvalue weighted by Gasteiger charge is -2.40. The van der Waals surface area contributed by atoms with Gasteiger partial charge in [-0.15, -0.1) is 11.3 Å². The standard InChI is InChI=1S/C12H12F5NOS2/c1-8-11(6-7-19)18-12(20-8)9-2-4-10(5-3-9)21(13,14,15,16)17/h2-5,19H,6-7H2,1H3. The Bertz CT molecular complexity index is 663. The van der Waals surface area contributed by atoms with Crippen molar-refractivity contribution in [2.75, 3.05) is 6.61 Å². The summed E-state index contributed by atoms with van der Waals surface area (Å²) < 4.78 is 63.0. The van der Waals surface area contributed by atoms with Crippen LogP contribution in [0.15, 0.2) is 29.2 Å². The van der Waals surface area contributed by atoms with E-state index in [1.54, 1.807) is 6.92 Å². The smallest absolute Gasteiger partial charge is 0.310 e. The van der Waals surface area contributed by atoms with Crippen LogP contribution in [0, 0.1) is 6.92 Å². The van der Waals surface area contributed by atoms with Crippen LogP contribution in [0.2, 0.25) is 0 Å². The van der Waals surface area contributed by atoms with Crippen molar-refractivity contribution >= 4 is 21.6 Å². The molecule has 0 saturated carbocycles. The fourth-order valence-electron chi connectivity index (χ4n) is 1.74. The van der Waals surface area contributed by atoms with E-state index in [1.807, 2.05) is 0 Å². The molecule has 0 fully saturated rings. The lowest BCUT2D eigenvalue weighted by atomic mass is 10.2. The summed E-state index contributed by atoms with van der Waals surface area (Å²) in [7, 11) is -9.63. The molecule has 0 radical (unpaired) electrons. The van der Waals surface area contributed by atoms with Crippen LogP contribution in [0.5, 0.6) is 0 Å². The zero-order valence-corrected chi connectivity index (χ0v) is 12.5. The number of aliphatic hydroxyl groups excluding tert-OH is 1. The van der Waals surface area contributed by atoms with Gasteiger partial charge in [0.25, 0.3) is 0 Å². The third kappa shape index (κ3) is 3.72. The Hall–Kier alpha value is -1.19. The molecule has 0 amide bonds. The highest BCUT2D eigenvalue weighted by atomic mass is 32.5. The minimum atomic E-state index is -9.63. The van der Waals surface area contributed by atoms with E-state index in [0.29, 0.717) is 34.8 Å². The van der Waals surface area contributed by atoms with Crippen LogP contribution in [-0.4, -0.2) is 16.7 Å². The summed E-state index contributed by atoms with van der Waals surface area (Å²) >= 11 is 1.24. The zero-order valence-electron chi connectivity index (χ0n) is 10.8. The summed E-state index contributed by atoms with van der Waals surface area (Å²) in [6.07, 6.45) is 0.339. The molecule has 21 heavy (non-hydrogen) atoms. The molecule has 1 aromatic carbocycles. The van der Waals surface area contributed by atoms with Crippen molar-refractivity contribution in [1.82, 2.24) is 4.98 Å². The van der Waals surface area contributed by atoms with Crippen LogP contribution in [-0.2, 0) is 6.42 Å². The summed E-state index contributed by atoms with van der Waals surface area (Å²) in [5.74, 6) is 0. The van der Waals surface area contributed by atoms with Gasteiger partial charge in [0.2, 0.25) is 0 Å². The minimum Gasteiger partial charge on any atom is -0.396 e. The average Bonchev–Trinajstić information content (AvgIpc) is 2.69. The third-order valence-electron chi connectivity index (χ3n) is 2.79. The Kier molecular flexibility index (Phi) is 3.39. The predicted molar refractivity (Wildman–Crippen MR) is 74.5 cm³/mol. The molecule has 0 aliphatic carbocycles. The first-order chi connectivity index (χ1) is 9.40. The number of halogens is 5. The summed E-state index contributed by atoms with van der Waals surface area (Å²) in [5.41, 5.74) is 0.979. The van der Waals surface area contributed by atoms with E-state index < -0.39 is 15.1 Å². The number of hydrogen-bond acceptors (Lipinski definition) is 3. The number of aliphatic hydroxyl groups is 1. The van der Waals surface area contributed by atoms with Gasteiger partial charge in [0.15, 0.2) is 0 Å². The van der Waals surface area contributed by atoms with E-state index in [-0.39, 0.29) is 6.61 Å². The number of rotatable bonds is 4. The van der Waals surface area contributed by atoms with Crippen LogP contribution < -0.4 is 0 Å². The highest BCUT2D eigenvalue weighted by molar-refractivity contribution is 8.45. The van der Waals surface area contributed by atoms with Crippen molar-refractivity contribution in [3.05, 3.63) is 34.8 Å². The molecule has 9 heteroatoms.